The number of aliphatic hydroxyl groups is 3. The molecule has 38 heavy (non-hydrogen) atoms. The van der Waals surface area contributed by atoms with E-state index in [4.69, 9.17) is 9.84 Å². The summed E-state index contributed by atoms with van der Waals surface area (Å²) < 4.78 is 5.80. The van der Waals surface area contributed by atoms with Crippen LogP contribution >= 0.6 is 0 Å². The van der Waals surface area contributed by atoms with Crippen LogP contribution in [0.25, 0.3) is 0 Å². The third-order valence-corrected chi connectivity index (χ3v) is 10.6. The van der Waals surface area contributed by atoms with Crippen molar-refractivity contribution in [1.82, 2.24) is 0 Å². The Hall–Kier alpha value is -1.69. The van der Waals surface area contributed by atoms with Crippen molar-refractivity contribution in [1.29, 1.82) is 0 Å². The fraction of sp³-hybridized carbons (Fsp3) is 0.727. The molecule has 0 unspecified atom stereocenters. The molecule has 0 radical (unpaired) electrons. The minimum Gasteiger partial charge on any atom is -0.458 e. The van der Waals surface area contributed by atoms with E-state index in [1.807, 2.05) is 0 Å². The molecule has 4 aliphatic rings. The highest BCUT2D eigenvalue weighted by Gasteiger charge is 2.51. The van der Waals surface area contributed by atoms with Crippen molar-refractivity contribution in [2.24, 2.45) is 35.0 Å². The number of hydrogen-bond acceptors (Lipinski definition) is 5. The summed E-state index contributed by atoms with van der Waals surface area (Å²) in [6.45, 7) is 15.3. The molecule has 3 N–H and O–H groups in total. The van der Waals surface area contributed by atoms with Crippen LogP contribution in [0.3, 0.4) is 0 Å². The van der Waals surface area contributed by atoms with Gasteiger partial charge in [0.1, 0.15) is 6.10 Å². The van der Waals surface area contributed by atoms with Gasteiger partial charge in [-0.15, -0.1) is 0 Å². The molecule has 3 aliphatic carbocycles. The van der Waals surface area contributed by atoms with Crippen LogP contribution in [0.4, 0.5) is 0 Å². The summed E-state index contributed by atoms with van der Waals surface area (Å²) in [6, 6.07) is 0. The van der Waals surface area contributed by atoms with Crippen molar-refractivity contribution in [3.8, 4) is 0 Å². The second kappa shape index (κ2) is 12.2. The van der Waals surface area contributed by atoms with E-state index in [2.05, 4.69) is 46.1 Å². The van der Waals surface area contributed by atoms with Gasteiger partial charge in [-0.3, -0.25) is 0 Å². The van der Waals surface area contributed by atoms with Crippen molar-refractivity contribution in [3.05, 3.63) is 47.6 Å². The molecule has 4 fully saturated rings. The first-order valence-corrected chi connectivity index (χ1v) is 15.1. The largest absolute Gasteiger partial charge is 0.458 e. The fourth-order valence-corrected chi connectivity index (χ4v) is 8.53. The molecule has 0 aromatic carbocycles. The van der Waals surface area contributed by atoms with Crippen molar-refractivity contribution in [2.75, 3.05) is 6.61 Å². The predicted octanol–water partition coefficient (Wildman–Crippen LogP) is 6.05. The van der Waals surface area contributed by atoms with Gasteiger partial charge in [0.05, 0.1) is 12.2 Å². The van der Waals surface area contributed by atoms with E-state index >= 15 is 0 Å². The molecule has 5 heteroatoms. The monoisotopic (exact) mass is 526 g/mol. The van der Waals surface area contributed by atoms with E-state index in [9.17, 15) is 15.0 Å². The Kier molecular flexibility index (Phi) is 9.43. The number of rotatable bonds is 9. The minimum atomic E-state index is -0.763. The van der Waals surface area contributed by atoms with Crippen molar-refractivity contribution in [2.45, 2.75) is 110 Å². The standard InChI is InChI=1S/C33H50O5/c1-6-9-25-22(4)32(37)38-30(25)18-20(2)27-14-15-28-23(10-7-16-33(27,28)5)12-13-24-19-29(35)26(11-8-17-34)31(36)21(24)3/h12-13,20,25-31,34-36H,3-4,6-11,14-19H2,1-2,5H3/b23-12+,24-13-/t20-,25-,26+,27-,28+,29-,30-,31-,33-/m1/s1. The lowest BCUT2D eigenvalue weighted by atomic mass is 9.60. The topological polar surface area (TPSA) is 87.0 Å². The molecule has 5 nitrogen and oxygen atoms in total. The van der Waals surface area contributed by atoms with Gasteiger partial charge >= 0.3 is 5.97 Å². The van der Waals surface area contributed by atoms with Gasteiger partial charge in [-0.1, -0.05) is 58.1 Å². The Labute approximate surface area is 229 Å². The Morgan fingerprint density at radius 3 is 2.63 bits per heavy atom. The van der Waals surface area contributed by atoms with Crippen LogP contribution in [0.2, 0.25) is 0 Å². The van der Waals surface area contributed by atoms with Gasteiger partial charge in [-0.05, 0) is 98.5 Å². The molecule has 0 amide bonds. The number of carbonyl (C=O) groups excluding carboxylic acids is 1. The summed E-state index contributed by atoms with van der Waals surface area (Å²) in [5.74, 6) is 1.31. The minimum absolute atomic E-state index is 0.0349. The molecule has 1 aliphatic heterocycles. The van der Waals surface area contributed by atoms with Gasteiger partial charge in [-0.2, -0.15) is 0 Å². The third kappa shape index (κ3) is 5.62. The predicted molar refractivity (Wildman–Crippen MR) is 151 cm³/mol. The molecule has 0 spiro atoms. The summed E-state index contributed by atoms with van der Waals surface area (Å²) in [6.07, 6.45) is 13.4. The van der Waals surface area contributed by atoms with E-state index < -0.39 is 12.2 Å². The first-order chi connectivity index (χ1) is 18.1. The van der Waals surface area contributed by atoms with Crippen molar-refractivity contribution >= 4 is 5.97 Å². The Bertz CT molecular complexity index is 962. The SMILES string of the molecule is C=C1/C(=C\C=C2/CCC[C@]3(C)[C@@H]([C@H](C)C[C@H]4OC(=O)C(=C)[C@H]4CCC)CC[C@@H]23)C[C@@H](O)[C@H](CCCO)[C@@H]1O. The van der Waals surface area contributed by atoms with E-state index in [0.29, 0.717) is 48.2 Å². The maximum absolute atomic E-state index is 12.3. The molecule has 9 atom stereocenters. The summed E-state index contributed by atoms with van der Waals surface area (Å²) >= 11 is 0. The lowest BCUT2D eigenvalue weighted by Crippen LogP contribution is -2.38. The van der Waals surface area contributed by atoms with E-state index in [1.165, 1.54) is 31.3 Å². The summed E-state index contributed by atoms with van der Waals surface area (Å²) in [4.78, 5) is 12.3. The van der Waals surface area contributed by atoms with E-state index in [-0.39, 0.29) is 35.9 Å². The third-order valence-electron chi connectivity index (χ3n) is 10.6. The van der Waals surface area contributed by atoms with Crippen LogP contribution in [-0.4, -0.2) is 46.2 Å². The number of allylic oxidation sites excluding steroid dienone is 3. The summed E-state index contributed by atoms with van der Waals surface area (Å²) in [5.41, 5.74) is 4.04. The number of carbonyl (C=O) groups is 1. The van der Waals surface area contributed by atoms with Crippen LogP contribution in [0.1, 0.15) is 91.4 Å². The van der Waals surface area contributed by atoms with Crippen molar-refractivity contribution in [3.63, 3.8) is 0 Å². The van der Waals surface area contributed by atoms with E-state index in [1.54, 1.807) is 0 Å². The zero-order chi connectivity index (χ0) is 27.6. The number of cyclic esters (lactones) is 1. The van der Waals surface area contributed by atoms with E-state index in [0.717, 1.165) is 31.3 Å². The lowest BCUT2D eigenvalue weighted by Gasteiger charge is -2.45. The zero-order valence-electron chi connectivity index (χ0n) is 23.8. The fourth-order valence-electron chi connectivity index (χ4n) is 8.53. The molecule has 1 saturated heterocycles. The average molecular weight is 527 g/mol. The number of ether oxygens (including phenoxy) is 1. The lowest BCUT2D eigenvalue weighted by molar-refractivity contribution is -0.140. The van der Waals surface area contributed by atoms with Crippen LogP contribution in [0.15, 0.2) is 47.6 Å². The molecule has 0 aromatic rings. The van der Waals surface area contributed by atoms with Crippen LogP contribution in [0.5, 0.6) is 0 Å². The maximum atomic E-state index is 12.3. The first kappa shape index (κ1) is 29.3. The summed E-state index contributed by atoms with van der Waals surface area (Å²) in [5, 5.41) is 30.7. The van der Waals surface area contributed by atoms with Gasteiger partial charge in [0.25, 0.3) is 0 Å². The number of fused-ring (bicyclic) bond motifs is 1. The molecular weight excluding hydrogens is 476 g/mol. The maximum Gasteiger partial charge on any atom is 0.334 e. The Morgan fingerprint density at radius 2 is 1.92 bits per heavy atom. The highest BCUT2D eigenvalue weighted by atomic mass is 16.6. The zero-order valence-corrected chi connectivity index (χ0v) is 23.8. The molecule has 3 saturated carbocycles. The normalized spacial score (nSPS) is 40.6. The van der Waals surface area contributed by atoms with Gasteiger partial charge in [0.15, 0.2) is 0 Å². The van der Waals surface area contributed by atoms with Gasteiger partial charge < -0.3 is 20.1 Å². The summed E-state index contributed by atoms with van der Waals surface area (Å²) in [7, 11) is 0. The number of aliphatic hydroxyl groups excluding tert-OH is 3. The smallest absolute Gasteiger partial charge is 0.334 e. The molecule has 0 aromatic heterocycles. The van der Waals surface area contributed by atoms with Crippen LogP contribution < -0.4 is 0 Å². The van der Waals surface area contributed by atoms with Gasteiger partial charge in [0, 0.05) is 24.0 Å². The first-order valence-electron chi connectivity index (χ1n) is 15.1. The average Bonchev–Trinajstić information content (AvgIpc) is 3.37. The number of esters is 1. The van der Waals surface area contributed by atoms with Crippen molar-refractivity contribution < 1.29 is 24.9 Å². The van der Waals surface area contributed by atoms with Crippen LogP contribution in [0, 0.1) is 35.0 Å². The van der Waals surface area contributed by atoms with Crippen LogP contribution in [-0.2, 0) is 9.53 Å². The number of hydrogen-bond donors (Lipinski definition) is 3. The second-order valence-corrected chi connectivity index (χ2v) is 12.9. The highest BCUT2D eigenvalue weighted by molar-refractivity contribution is 5.90. The molecule has 4 rings (SSSR count). The Balaban J connectivity index is 1.46. The molecule has 212 valence electrons. The molecule has 1 heterocycles. The molecular formula is C33H50O5. The molecule has 0 bridgehead atoms. The quantitative estimate of drug-likeness (QED) is 0.251. The highest BCUT2D eigenvalue weighted by Crippen LogP contribution is 2.60. The van der Waals surface area contributed by atoms with Gasteiger partial charge in [-0.25, -0.2) is 4.79 Å². The van der Waals surface area contributed by atoms with Gasteiger partial charge in [0.2, 0.25) is 0 Å². The Morgan fingerprint density at radius 1 is 1.16 bits per heavy atom. The second-order valence-electron chi connectivity index (χ2n) is 12.9.